The van der Waals surface area contributed by atoms with Crippen LogP contribution in [0, 0.1) is 13.8 Å². The van der Waals surface area contributed by atoms with Crippen LogP contribution in [0.1, 0.15) is 42.7 Å². The zero-order chi connectivity index (χ0) is 15.0. The van der Waals surface area contributed by atoms with Gasteiger partial charge in [0.25, 0.3) is 5.89 Å². The van der Waals surface area contributed by atoms with Crippen molar-refractivity contribution in [3.63, 3.8) is 0 Å². The van der Waals surface area contributed by atoms with Crippen molar-refractivity contribution in [2.24, 2.45) is 5.73 Å². The Morgan fingerprint density at radius 3 is 2.71 bits per heavy atom. The number of aromatic nitrogens is 3. The van der Waals surface area contributed by atoms with Gasteiger partial charge in [-0.1, -0.05) is 5.16 Å². The van der Waals surface area contributed by atoms with Crippen LogP contribution in [0.25, 0.3) is 10.8 Å². The summed E-state index contributed by atoms with van der Waals surface area (Å²) in [5, 5.41) is 5.00. The van der Waals surface area contributed by atoms with Gasteiger partial charge in [-0.05, 0) is 40.0 Å². The molecule has 1 aliphatic rings. The molecule has 2 aromatic heterocycles. The highest BCUT2D eigenvalue weighted by molar-refractivity contribution is 7.15. The first kappa shape index (κ1) is 14.6. The molecule has 1 fully saturated rings. The minimum atomic E-state index is -0.745. The Labute approximate surface area is 127 Å². The van der Waals surface area contributed by atoms with Crippen LogP contribution in [0.3, 0.4) is 0 Å². The number of hydrogen-bond donors (Lipinski definition) is 1. The molecule has 0 spiro atoms. The average Bonchev–Trinajstić information content (AvgIpc) is 2.94. The molecule has 6 nitrogen and oxygen atoms in total. The normalized spacial score (nSPS) is 18.5. The zero-order valence-corrected chi connectivity index (χ0v) is 13.4. The van der Waals surface area contributed by atoms with Crippen LogP contribution in [-0.4, -0.2) is 27.8 Å². The van der Waals surface area contributed by atoms with E-state index in [1.165, 1.54) is 6.42 Å². The molecule has 1 atom stereocenters. The Morgan fingerprint density at radius 2 is 2.14 bits per heavy atom. The van der Waals surface area contributed by atoms with Crippen LogP contribution in [0.4, 0.5) is 0 Å². The van der Waals surface area contributed by atoms with Crippen molar-refractivity contribution in [2.45, 2.75) is 51.7 Å². The van der Waals surface area contributed by atoms with Crippen molar-refractivity contribution in [1.82, 2.24) is 15.1 Å². The largest absolute Gasteiger partial charge is 0.376 e. The fraction of sp³-hybridized carbons (Fsp3) is 0.643. The van der Waals surface area contributed by atoms with Gasteiger partial charge in [-0.2, -0.15) is 4.98 Å². The quantitative estimate of drug-likeness (QED) is 0.913. The van der Waals surface area contributed by atoms with Crippen LogP contribution in [0.2, 0.25) is 0 Å². The van der Waals surface area contributed by atoms with Crippen molar-refractivity contribution >= 4 is 11.3 Å². The fourth-order valence-corrected chi connectivity index (χ4v) is 3.01. The number of thiazole rings is 1. The third-order valence-corrected chi connectivity index (χ3v) is 4.77. The van der Waals surface area contributed by atoms with E-state index in [2.05, 4.69) is 15.1 Å². The molecule has 114 valence electrons. The predicted octanol–water partition coefficient (Wildman–Crippen LogP) is 2.55. The molecule has 2 aromatic rings. The monoisotopic (exact) mass is 308 g/mol. The minimum Gasteiger partial charge on any atom is -0.376 e. The molecule has 1 aliphatic carbocycles. The fourth-order valence-electron chi connectivity index (χ4n) is 2.17. The second-order valence-electron chi connectivity index (χ2n) is 5.85. The number of ether oxygens (including phenoxy) is 1. The molecule has 0 bridgehead atoms. The summed E-state index contributed by atoms with van der Waals surface area (Å²) in [5.74, 6) is 0.954. The van der Waals surface area contributed by atoms with Crippen molar-refractivity contribution < 1.29 is 9.26 Å². The summed E-state index contributed by atoms with van der Waals surface area (Å²) in [6.07, 6.45) is 3.81. The Balaban J connectivity index is 1.75. The van der Waals surface area contributed by atoms with E-state index in [4.69, 9.17) is 15.0 Å². The van der Waals surface area contributed by atoms with Crippen LogP contribution in [-0.2, 0) is 10.3 Å². The van der Waals surface area contributed by atoms with Gasteiger partial charge in [-0.25, -0.2) is 4.98 Å². The summed E-state index contributed by atoms with van der Waals surface area (Å²) in [6.45, 7) is 6.16. The maximum Gasteiger partial charge on any atom is 0.269 e. The summed E-state index contributed by atoms with van der Waals surface area (Å²) < 4.78 is 11.1. The molecular weight excluding hydrogens is 288 g/mol. The highest BCUT2D eigenvalue weighted by atomic mass is 32.1. The van der Waals surface area contributed by atoms with Crippen molar-refractivity contribution in [2.75, 3.05) is 6.61 Å². The Kier molecular flexibility index (Phi) is 3.81. The standard InChI is InChI=1S/C14H20N4O2S/c1-8-11(21-9(2)16-8)12-17-13(18-20-12)14(3,15)7-19-10-5-4-6-10/h10H,4-7,15H2,1-3H3. The van der Waals surface area contributed by atoms with Gasteiger partial charge in [-0.15, -0.1) is 11.3 Å². The molecule has 2 N–H and O–H groups in total. The molecule has 1 saturated carbocycles. The minimum absolute atomic E-state index is 0.339. The van der Waals surface area contributed by atoms with Gasteiger partial charge in [0.1, 0.15) is 10.4 Å². The smallest absolute Gasteiger partial charge is 0.269 e. The van der Waals surface area contributed by atoms with E-state index in [9.17, 15) is 0 Å². The highest BCUT2D eigenvalue weighted by Gasteiger charge is 2.31. The van der Waals surface area contributed by atoms with Gasteiger partial charge in [0.15, 0.2) is 5.82 Å². The van der Waals surface area contributed by atoms with Crippen LogP contribution < -0.4 is 5.73 Å². The summed E-state index contributed by atoms with van der Waals surface area (Å²) in [4.78, 5) is 9.71. The van der Waals surface area contributed by atoms with Crippen molar-refractivity contribution in [3.8, 4) is 10.8 Å². The SMILES string of the molecule is Cc1nc(C)c(-c2nc(C(C)(N)COC3CCC3)no2)s1. The number of nitrogens with two attached hydrogens (primary N) is 1. The molecule has 0 amide bonds. The number of rotatable bonds is 5. The Morgan fingerprint density at radius 1 is 1.38 bits per heavy atom. The first-order valence-electron chi connectivity index (χ1n) is 7.15. The lowest BCUT2D eigenvalue weighted by atomic mass is 9.95. The maximum atomic E-state index is 6.28. The van der Waals surface area contributed by atoms with E-state index in [1.807, 2.05) is 20.8 Å². The lowest BCUT2D eigenvalue weighted by Gasteiger charge is -2.29. The number of aryl methyl sites for hydroxylation is 2. The van der Waals surface area contributed by atoms with Crippen molar-refractivity contribution in [3.05, 3.63) is 16.5 Å². The van der Waals surface area contributed by atoms with Crippen LogP contribution in [0.15, 0.2) is 4.52 Å². The summed E-state index contributed by atoms with van der Waals surface area (Å²) >= 11 is 1.54. The summed E-state index contributed by atoms with van der Waals surface area (Å²) in [7, 11) is 0. The Hall–Kier alpha value is -1.31. The third-order valence-electron chi connectivity index (χ3n) is 3.71. The number of nitrogens with zero attached hydrogens (tertiary/aromatic N) is 3. The van der Waals surface area contributed by atoms with E-state index < -0.39 is 5.54 Å². The van der Waals surface area contributed by atoms with E-state index in [0.717, 1.165) is 28.4 Å². The second-order valence-corrected chi connectivity index (χ2v) is 7.06. The molecule has 21 heavy (non-hydrogen) atoms. The van der Waals surface area contributed by atoms with Gasteiger partial charge in [0, 0.05) is 0 Å². The van der Waals surface area contributed by atoms with Crippen LogP contribution in [0.5, 0.6) is 0 Å². The molecule has 0 aliphatic heterocycles. The molecule has 0 aromatic carbocycles. The zero-order valence-electron chi connectivity index (χ0n) is 12.5. The lowest BCUT2D eigenvalue weighted by molar-refractivity contribution is -0.0222. The van der Waals surface area contributed by atoms with E-state index >= 15 is 0 Å². The predicted molar refractivity (Wildman–Crippen MR) is 80.0 cm³/mol. The Bertz CT molecular complexity index is 631. The maximum absolute atomic E-state index is 6.28. The van der Waals surface area contributed by atoms with E-state index in [1.54, 1.807) is 11.3 Å². The van der Waals surface area contributed by atoms with E-state index in [-0.39, 0.29) is 0 Å². The highest BCUT2D eigenvalue weighted by Crippen LogP contribution is 2.30. The van der Waals surface area contributed by atoms with E-state index in [0.29, 0.717) is 24.4 Å². The third kappa shape index (κ3) is 3.00. The summed E-state index contributed by atoms with van der Waals surface area (Å²) in [6, 6.07) is 0. The molecule has 7 heteroatoms. The van der Waals surface area contributed by atoms with Crippen LogP contribution >= 0.6 is 11.3 Å². The molecule has 1 unspecified atom stereocenters. The van der Waals surface area contributed by atoms with Crippen molar-refractivity contribution in [1.29, 1.82) is 0 Å². The molecule has 0 radical (unpaired) electrons. The van der Waals surface area contributed by atoms with Gasteiger partial charge in [-0.3, -0.25) is 0 Å². The average molecular weight is 308 g/mol. The first-order chi connectivity index (χ1) is 9.95. The number of hydrogen-bond acceptors (Lipinski definition) is 7. The van der Waals surface area contributed by atoms with Gasteiger partial charge in [0.05, 0.1) is 23.4 Å². The molecule has 2 heterocycles. The summed E-state index contributed by atoms with van der Waals surface area (Å²) in [5.41, 5.74) is 6.43. The first-order valence-corrected chi connectivity index (χ1v) is 7.96. The molecule has 3 rings (SSSR count). The molecular formula is C14H20N4O2S. The topological polar surface area (TPSA) is 87.1 Å². The van der Waals surface area contributed by atoms with Gasteiger partial charge in [0.2, 0.25) is 0 Å². The van der Waals surface area contributed by atoms with Gasteiger partial charge >= 0.3 is 0 Å². The lowest BCUT2D eigenvalue weighted by Crippen LogP contribution is -2.41. The second kappa shape index (κ2) is 5.47. The van der Waals surface area contributed by atoms with Gasteiger partial charge < -0.3 is 15.0 Å². The molecule has 0 saturated heterocycles.